The lowest BCUT2D eigenvalue weighted by molar-refractivity contribution is -0.615. The lowest BCUT2D eigenvalue weighted by Crippen LogP contribution is -2.40. The van der Waals surface area contributed by atoms with Gasteiger partial charge in [-0.15, -0.1) is 0 Å². The topological polar surface area (TPSA) is 53.2 Å². The van der Waals surface area contributed by atoms with E-state index in [-0.39, 0.29) is 11.7 Å². The van der Waals surface area contributed by atoms with Crippen LogP contribution in [0.25, 0.3) is 0 Å². The molecule has 28 heavy (non-hydrogen) atoms. The maximum absolute atomic E-state index is 13.1. The maximum Gasteiger partial charge on any atom is 0.200 e. The van der Waals surface area contributed by atoms with Gasteiger partial charge in [-0.25, -0.2) is 0 Å². The molecule has 142 valence electrons. The lowest BCUT2D eigenvalue weighted by atomic mass is 9.81. The number of carbonyl (C=O) groups is 1. The van der Waals surface area contributed by atoms with E-state index in [2.05, 4.69) is 22.6 Å². The predicted molar refractivity (Wildman–Crippen MR) is 116 cm³/mol. The van der Waals surface area contributed by atoms with Gasteiger partial charge in [0.1, 0.15) is 11.4 Å². The molecule has 5 heteroatoms. The fourth-order valence-electron chi connectivity index (χ4n) is 3.77. The molecule has 0 bridgehead atoms. The molecule has 2 heterocycles. The molecule has 0 N–H and O–H groups in total. The van der Waals surface area contributed by atoms with Gasteiger partial charge in [-0.3, -0.25) is 4.79 Å². The highest BCUT2D eigenvalue weighted by Crippen LogP contribution is 2.43. The fourth-order valence-corrected chi connectivity index (χ4v) is 4.40. The molecule has 4 nitrogen and oxygen atoms in total. The molecule has 0 aliphatic carbocycles. The normalized spacial score (nSPS) is 17.5. The molecule has 0 amide bonds. The first-order valence-corrected chi connectivity index (χ1v) is 10.2. The fraction of sp³-hybridized carbons (Fsp3) is 0.217. The number of halogens is 1. The lowest BCUT2D eigenvalue weighted by Gasteiger charge is -2.37. The van der Waals surface area contributed by atoms with E-state index in [1.807, 2.05) is 62.4 Å². The molecule has 2 aromatic carbocycles. The summed E-state index contributed by atoms with van der Waals surface area (Å²) in [4.78, 5) is 13.1. The van der Waals surface area contributed by atoms with Crippen LogP contribution in [-0.4, -0.2) is 11.4 Å². The number of aromatic nitrogens is 1. The molecule has 1 aliphatic rings. The largest absolute Gasteiger partial charge is 0.618 e. The maximum atomic E-state index is 13.1. The summed E-state index contributed by atoms with van der Waals surface area (Å²) in [5.41, 5.74) is 2.42. The van der Waals surface area contributed by atoms with Gasteiger partial charge in [0.15, 0.2) is 12.0 Å². The smallest absolute Gasteiger partial charge is 0.200 e. The van der Waals surface area contributed by atoms with E-state index < -0.39 is 5.60 Å². The van der Waals surface area contributed by atoms with Gasteiger partial charge in [0, 0.05) is 38.8 Å². The number of nitrogens with zero attached hydrogens (tertiary/aromatic N) is 1. The second kappa shape index (κ2) is 7.20. The Morgan fingerprint density at radius 2 is 1.89 bits per heavy atom. The summed E-state index contributed by atoms with van der Waals surface area (Å²) in [7, 11) is 0. The Hall–Kier alpha value is -2.41. The number of carbonyl (C=O) groups excluding carboxylic acids is 1. The second-order valence-electron chi connectivity index (χ2n) is 7.63. The molecule has 1 unspecified atom stereocenters. The van der Waals surface area contributed by atoms with Crippen LogP contribution in [0.2, 0.25) is 0 Å². The number of rotatable bonds is 3. The van der Waals surface area contributed by atoms with Gasteiger partial charge in [-0.1, -0.05) is 12.1 Å². The van der Waals surface area contributed by atoms with Gasteiger partial charge in [0.25, 0.3) is 0 Å². The van der Waals surface area contributed by atoms with Crippen LogP contribution < -0.4 is 9.47 Å². The minimum Gasteiger partial charge on any atom is -0.618 e. The molecule has 1 aliphatic heterocycles. The van der Waals surface area contributed by atoms with Gasteiger partial charge >= 0.3 is 0 Å². The van der Waals surface area contributed by atoms with Crippen molar-refractivity contribution in [1.29, 1.82) is 0 Å². The van der Waals surface area contributed by atoms with Crippen molar-refractivity contribution >= 4 is 28.4 Å². The van der Waals surface area contributed by atoms with Crippen LogP contribution in [0.15, 0.2) is 66.9 Å². The first-order valence-electron chi connectivity index (χ1n) is 9.16. The van der Waals surface area contributed by atoms with Crippen molar-refractivity contribution in [3.63, 3.8) is 0 Å². The van der Waals surface area contributed by atoms with Crippen molar-refractivity contribution < 1.29 is 14.3 Å². The van der Waals surface area contributed by atoms with E-state index in [1.165, 1.54) is 6.20 Å². The number of ether oxygens (including phenoxy) is 1. The molecule has 0 spiro atoms. The monoisotopic (exact) mass is 485 g/mol. The number of pyridine rings is 1. The van der Waals surface area contributed by atoms with Crippen molar-refractivity contribution in [2.24, 2.45) is 0 Å². The van der Waals surface area contributed by atoms with Crippen molar-refractivity contribution in [3.8, 4) is 5.75 Å². The highest BCUT2D eigenvalue weighted by Gasteiger charge is 2.38. The Labute approximate surface area is 177 Å². The molecule has 0 radical (unpaired) electrons. The van der Waals surface area contributed by atoms with E-state index >= 15 is 0 Å². The summed E-state index contributed by atoms with van der Waals surface area (Å²) in [6.45, 7) is 4.04. The average molecular weight is 485 g/mol. The Balaban J connectivity index is 1.82. The minimum absolute atomic E-state index is 0.0283. The van der Waals surface area contributed by atoms with E-state index in [9.17, 15) is 10.0 Å². The zero-order chi connectivity index (χ0) is 19.9. The Morgan fingerprint density at radius 1 is 1.14 bits per heavy atom. The molecule has 0 saturated carbocycles. The first kappa shape index (κ1) is 18.9. The number of benzene rings is 2. The van der Waals surface area contributed by atoms with Crippen LogP contribution in [-0.2, 0) is 0 Å². The van der Waals surface area contributed by atoms with E-state index in [1.54, 1.807) is 12.1 Å². The van der Waals surface area contributed by atoms with Crippen LogP contribution >= 0.6 is 22.6 Å². The van der Waals surface area contributed by atoms with Crippen molar-refractivity contribution in [1.82, 2.24) is 0 Å². The van der Waals surface area contributed by atoms with Crippen LogP contribution in [0.3, 0.4) is 0 Å². The van der Waals surface area contributed by atoms with Gasteiger partial charge < -0.3 is 9.94 Å². The molecular weight excluding hydrogens is 465 g/mol. The van der Waals surface area contributed by atoms with E-state index in [0.717, 1.165) is 19.6 Å². The minimum atomic E-state index is -0.402. The molecule has 1 atom stereocenters. The molecule has 4 rings (SSSR count). The standard InChI is InChI=1S/C23H20INO3/c1-23(2)14-18(20-9-5-6-12-25(20)27)17-13-15(10-11-21(17)28-23)22(26)16-7-3-4-8-19(16)24/h3-13,18H,14H2,1-2H3. The zero-order valence-electron chi connectivity index (χ0n) is 15.7. The third kappa shape index (κ3) is 3.51. The van der Waals surface area contributed by atoms with Gasteiger partial charge in [0.2, 0.25) is 5.69 Å². The summed E-state index contributed by atoms with van der Waals surface area (Å²) < 4.78 is 7.97. The van der Waals surface area contributed by atoms with Crippen LogP contribution in [0.1, 0.15) is 53.4 Å². The number of fused-ring (bicyclic) bond motifs is 1. The summed E-state index contributed by atoms with van der Waals surface area (Å²) in [6.07, 6.45) is 2.17. The third-order valence-electron chi connectivity index (χ3n) is 5.06. The molecule has 0 fully saturated rings. The number of ketones is 1. The summed E-state index contributed by atoms with van der Waals surface area (Å²) >= 11 is 2.18. The summed E-state index contributed by atoms with van der Waals surface area (Å²) in [5.74, 6) is 0.559. The number of hydrogen-bond acceptors (Lipinski definition) is 3. The van der Waals surface area contributed by atoms with Gasteiger partial charge in [-0.05, 0) is 72.8 Å². The zero-order valence-corrected chi connectivity index (χ0v) is 17.8. The quantitative estimate of drug-likeness (QED) is 0.231. The Bertz CT molecular complexity index is 1060. The Morgan fingerprint density at radius 3 is 2.64 bits per heavy atom. The van der Waals surface area contributed by atoms with Gasteiger partial charge in [0.05, 0.1) is 5.92 Å². The third-order valence-corrected chi connectivity index (χ3v) is 6.00. The van der Waals surface area contributed by atoms with Crippen molar-refractivity contribution in [2.45, 2.75) is 31.8 Å². The second-order valence-corrected chi connectivity index (χ2v) is 8.79. The van der Waals surface area contributed by atoms with Crippen LogP contribution in [0.4, 0.5) is 0 Å². The first-order chi connectivity index (χ1) is 13.4. The summed E-state index contributed by atoms with van der Waals surface area (Å²) in [5, 5.41) is 12.4. The van der Waals surface area contributed by atoms with Crippen molar-refractivity contribution in [3.05, 3.63) is 98.0 Å². The highest BCUT2D eigenvalue weighted by molar-refractivity contribution is 14.1. The SMILES string of the molecule is CC1(C)CC(c2cccc[n+]2[O-])c2cc(C(=O)c3ccccc3I)ccc2O1. The van der Waals surface area contributed by atoms with Gasteiger partial charge in [-0.2, -0.15) is 4.73 Å². The van der Waals surface area contributed by atoms with Crippen LogP contribution in [0.5, 0.6) is 5.75 Å². The number of hydrogen-bond donors (Lipinski definition) is 0. The molecule has 3 aromatic rings. The summed E-state index contributed by atoms with van der Waals surface area (Å²) in [6, 6.07) is 18.5. The van der Waals surface area contributed by atoms with E-state index in [0.29, 0.717) is 23.2 Å². The average Bonchev–Trinajstić information content (AvgIpc) is 2.67. The molecule has 0 saturated heterocycles. The molecular formula is C23H20INO3. The predicted octanol–water partition coefficient (Wildman–Crippen LogP) is 4.85. The Kier molecular flexibility index (Phi) is 4.87. The highest BCUT2D eigenvalue weighted by atomic mass is 127. The molecule has 1 aromatic heterocycles. The van der Waals surface area contributed by atoms with Crippen LogP contribution in [0, 0.1) is 8.78 Å². The van der Waals surface area contributed by atoms with Crippen molar-refractivity contribution in [2.75, 3.05) is 0 Å². The van der Waals surface area contributed by atoms with E-state index in [4.69, 9.17) is 4.74 Å².